The van der Waals surface area contributed by atoms with E-state index in [4.69, 9.17) is 43.5 Å². The van der Waals surface area contributed by atoms with E-state index in [-0.39, 0.29) is 30.7 Å². The van der Waals surface area contributed by atoms with Crippen LogP contribution in [0.25, 0.3) is 11.3 Å². The molecule has 2 atom stereocenters. The van der Waals surface area contributed by atoms with Gasteiger partial charge in [0.2, 0.25) is 5.13 Å². The molecule has 0 aliphatic carbocycles. The van der Waals surface area contributed by atoms with Crippen molar-refractivity contribution in [2.24, 2.45) is 14.5 Å². The summed E-state index contributed by atoms with van der Waals surface area (Å²) in [5.74, 6) is 2.19. The highest BCUT2D eigenvalue weighted by atomic mass is 79.9. The van der Waals surface area contributed by atoms with Gasteiger partial charge in [0.1, 0.15) is 21.8 Å². The molecule has 2 aromatic carbocycles. The van der Waals surface area contributed by atoms with Crippen LogP contribution < -0.4 is 15.2 Å². The predicted molar refractivity (Wildman–Crippen MR) is 240 cm³/mol. The first-order valence-electron chi connectivity index (χ1n) is 15.9. The summed E-state index contributed by atoms with van der Waals surface area (Å²) in [6.07, 6.45) is 6.29. The third kappa shape index (κ3) is 19.5. The fourth-order valence-corrected chi connectivity index (χ4v) is 8.76. The number of carbonyl (C=O) groups is 1. The second-order valence-corrected chi connectivity index (χ2v) is 18.4. The number of ketones is 1. The molecule has 0 spiro atoms. The van der Waals surface area contributed by atoms with Crippen molar-refractivity contribution in [3.8, 4) is 22.8 Å². The number of carbonyl (C=O) groups excluding carboxylic acids is 1. The Kier molecular flexibility index (Phi) is 23.1. The number of ether oxygens (including phenoxy) is 2. The lowest BCUT2D eigenvalue weighted by molar-refractivity contribution is 0.102. The molecule has 0 fully saturated rings. The zero-order valence-electron chi connectivity index (χ0n) is 30.6. The normalized spacial score (nSPS) is 12.1. The van der Waals surface area contributed by atoms with Crippen molar-refractivity contribution in [3.05, 3.63) is 118 Å². The predicted octanol–water partition coefficient (Wildman–Crippen LogP) is 9.28. The summed E-state index contributed by atoms with van der Waals surface area (Å²) in [6, 6.07) is 21.5. The van der Waals surface area contributed by atoms with Gasteiger partial charge in [0.25, 0.3) is 0 Å². The van der Waals surface area contributed by atoms with Crippen LogP contribution in [0.5, 0.6) is 11.5 Å². The molecular weight excluding hydrogens is 904 g/mol. The topological polar surface area (TPSA) is 179 Å². The van der Waals surface area contributed by atoms with Crippen LogP contribution in [0.3, 0.4) is 0 Å². The van der Waals surface area contributed by atoms with E-state index in [1.54, 1.807) is 88.3 Å². The van der Waals surface area contributed by atoms with E-state index in [0.29, 0.717) is 32.1 Å². The van der Waals surface area contributed by atoms with Gasteiger partial charge >= 0.3 is 0 Å². The van der Waals surface area contributed by atoms with E-state index < -0.39 is 19.5 Å². The highest BCUT2D eigenvalue weighted by Crippen LogP contribution is 2.29. The van der Waals surface area contributed by atoms with E-state index in [1.165, 1.54) is 17.6 Å². The lowest BCUT2D eigenvalue weighted by Gasteiger charge is -2.03. The summed E-state index contributed by atoms with van der Waals surface area (Å²) in [6.45, 7) is 1.93. The molecule has 0 amide bonds. The van der Waals surface area contributed by atoms with Crippen LogP contribution in [0.1, 0.15) is 35.8 Å². The Morgan fingerprint density at radius 1 is 0.875 bits per heavy atom. The lowest BCUT2D eigenvalue weighted by atomic mass is 10.1. The maximum Gasteiger partial charge on any atom is 0.218 e. The summed E-state index contributed by atoms with van der Waals surface area (Å²) in [4.78, 5) is 23.5. The van der Waals surface area contributed by atoms with E-state index in [1.807, 2.05) is 29.6 Å². The molecule has 56 heavy (non-hydrogen) atoms. The Labute approximate surface area is 357 Å². The first-order chi connectivity index (χ1) is 26.0. The molecule has 0 aliphatic heterocycles. The largest absolute Gasteiger partial charge is 0.497 e. The number of rotatable bonds is 10. The average Bonchev–Trinajstić information content (AvgIpc) is 3.61. The summed E-state index contributed by atoms with van der Waals surface area (Å²) in [5.41, 5.74) is 9.28. The van der Waals surface area contributed by atoms with Crippen LogP contribution in [-0.2, 0) is 31.0 Å². The molecule has 0 aliphatic rings. The van der Waals surface area contributed by atoms with Crippen LogP contribution in [0.4, 0.5) is 5.13 Å². The number of aliphatic hydroxyl groups excluding tert-OH is 1. The molecule has 0 bridgehead atoms. The third-order valence-electron chi connectivity index (χ3n) is 6.41. The van der Waals surface area contributed by atoms with Gasteiger partial charge in [-0.25, -0.2) is 23.4 Å². The summed E-state index contributed by atoms with van der Waals surface area (Å²) < 4.78 is 42.8. The molecule has 0 saturated heterocycles. The molecule has 0 radical (unpaired) electrons. The maximum atomic E-state index is 12.8. The molecule has 3 N–H and O–H groups in total. The van der Waals surface area contributed by atoms with Crippen LogP contribution in [0, 0.1) is 0 Å². The van der Waals surface area contributed by atoms with Gasteiger partial charge in [-0.05, 0) is 90.9 Å². The van der Waals surface area contributed by atoms with Gasteiger partial charge in [0.05, 0.1) is 56.2 Å². The van der Waals surface area contributed by atoms with Gasteiger partial charge in [0, 0.05) is 48.0 Å². The summed E-state index contributed by atoms with van der Waals surface area (Å²) in [5, 5.41) is 11.0. The van der Waals surface area contributed by atoms with Crippen molar-refractivity contribution in [1.82, 2.24) is 15.0 Å². The number of pyridine rings is 2. The lowest BCUT2D eigenvalue weighted by Crippen LogP contribution is -2.10. The van der Waals surface area contributed by atoms with Crippen molar-refractivity contribution in [2.75, 3.05) is 38.7 Å². The number of aromatic nitrogens is 3. The molecular formula is C37H45BrCl2N6O6S4. The Morgan fingerprint density at radius 3 is 1.75 bits per heavy atom. The van der Waals surface area contributed by atoms with E-state index in [9.17, 15) is 13.2 Å². The zero-order chi connectivity index (χ0) is 41.0. The van der Waals surface area contributed by atoms with Gasteiger partial charge in [-0.2, -0.15) is 8.73 Å². The molecule has 5 aromatic rings. The number of alkyl halides is 1. The van der Waals surface area contributed by atoms with Crippen LogP contribution in [-0.4, -0.2) is 78.0 Å². The maximum absolute atomic E-state index is 12.8. The molecule has 3 heterocycles. The Balaban J connectivity index is 0.000000433. The van der Waals surface area contributed by atoms with Gasteiger partial charge in [0.15, 0.2) is 10.9 Å². The monoisotopic (exact) mass is 946 g/mol. The minimum atomic E-state index is -2.46. The number of benzene rings is 2. The second-order valence-electron chi connectivity index (χ2n) is 11.1. The highest BCUT2D eigenvalue weighted by Gasteiger charge is 2.10. The van der Waals surface area contributed by atoms with E-state index in [0.717, 1.165) is 33.9 Å². The van der Waals surface area contributed by atoms with Crippen molar-refractivity contribution >= 4 is 98.2 Å². The average molecular weight is 949 g/mol. The van der Waals surface area contributed by atoms with Crippen LogP contribution >= 0.6 is 62.7 Å². The minimum absolute atomic E-state index is 0. The van der Waals surface area contributed by atoms with Gasteiger partial charge in [-0.15, -0.1) is 11.3 Å². The molecule has 5 rings (SSSR count). The molecule has 19 heteroatoms. The number of halogens is 3. The van der Waals surface area contributed by atoms with Gasteiger partial charge in [-0.1, -0.05) is 58.7 Å². The molecule has 3 aromatic heterocycles. The molecule has 2 unspecified atom stereocenters. The fraction of sp³-hybridized carbons (Fsp3) is 0.270. The van der Waals surface area contributed by atoms with Crippen LogP contribution in [0.15, 0.2) is 99.3 Å². The first-order valence-corrected chi connectivity index (χ1v) is 23.2. The number of methoxy groups -OCH3 is 2. The zero-order valence-corrected chi connectivity index (χ0v) is 36.9. The van der Waals surface area contributed by atoms with Gasteiger partial charge in [-0.3, -0.25) is 4.79 Å². The third-order valence-corrected chi connectivity index (χ3v) is 11.3. The minimum Gasteiger partial charge on any atom is -0.497 e. The van der Waals surface area contributed by atoms with Crippen LogP contribution in [0.2, 0.25) is 10.3 Å². The quantitative estimate of drug-likeness (QED) is 0.0590. The van der Waals surface area contributed by atoms with E-state index in [2.05, 4.69) is 51.8 Å². The van der Waals surface area contributed by atoms with Crippen molar-refractivity contribution in [1.29, 1.82) is 0 Å². The smallest absolute Gasteiger partial charge is 0.218 e. The van der Waals surface area contributed by atoms with E-state index >= 15 is 0 Å². The van der Waals surface area contributed by atoms with Crippen molar-refractivity contribution in [3.63, 3.8) is 0 Å². The highest BCUT2D eigenvalue weighted by molar-refractivity contribution is 9.09. The Hall–Kier alpha value is -3.55. The number of nitrogens with two attached hydrogens (primary N) is 1. The SMILES string of the molecule is C.CCO.COc1ccc(-c2csc(N=S(C)(=O)Cc3ccc(Cl)nc3)n2)cc1.COc1ccc(C(=O)CBr)cc1.CS(=O)(Cc1ccc(Cl)nc1)=NC(N)=S. The second kappa shape index (κ2) is 25.7. The Bertz CT molecular complexity index is 2210. The molecule has 0 saturated carbocycles. The number of Topliss-reactive ketones (excluding diaryl/α,β-unsaturated/α-hetero) is 1. The number of aliphatic hydroxyl groups is 1. The van der Waals surface area contributed by atoms with Crippen molar-refractivity contribution in [2.45, 2.75) is 25.9 Å². The Morgan fingerprint density at radius 2 is 1.34 bits per heavy atom. The number of nitrogens with zero attached hydrogens (tertiary/aromatic N) is 5. The number of thiocarbonyl (C=S) groups is 1. The standard InChI is InChI=1S/C17H16ClN3O2S2.C9H9BrO2.C8H10ClN3OS2.C2H6O.CH4/c1-23-14-6-4-13(5-7-14)15-10-24-17(20-15)21-25(2,22)11-12-3-8-16(18)19-9-12;1-12-8-4-2-7(3-5-8)9(11)6-10;1-15(13,12-8(10)14)5-6-2-3-7(9)11-4-6;1-2-3;/h3-10H,11H2,1-2H3;2-5H,6H2,1H3;2-4H,5H2,1H3,(H2,10,14);3H,2H2,1H3;1H4. The number of hydrogen-bond acceptors (Lipinski definition) is 12. The summed E-state index contributed by atoms with van der Waals surface area (Å²) in [7, 11) is -1.65. The number of hydrogen-bond donors (Lipinski definition) is 2. The molecule has 12 nitrogen and oxygen atoms in total. The molecule has 304 valence electrons. The summed E-state index contributed by atoms with van der Waals surface area (Å²) >= 11 is 20.4. The van der Waals surface area contributed by atoms with Crippen molar-refractivity contribution < 1.29 is 27.8 Å². The van der Waals surface area contributed by atoms with Gasteiger partial charge < -0.3 is 20.3 Å². The fourth-order valence-electron chi connectivity index (χ4n) is 4.08. The number of thiazole rings is 1. The first kappa shape index (κ1) is 50.5.